The van der Waals surface area contributed by atoms with E-state index in [9.17, 15) is 9.90 Å². The molecule has 6 heteroatoms. The summed E-state index contributed by atoms with van der Waals surface area (Å²) < 4.78 is 2.93. The van der Waals surface area contributed by atoms with E-state index in [0.29, 0.717) is 11.0 Å². The standard InChI is InChI=1S/C9H12N4O2/c1-6(14)4-13-5-10-8-7(9(13)15)3-11-12(8)2/h3,5-6,14H,4H2,1-2H3/t6-/m0/s1. The lowest BCUT2D eigenvalue weighted by molar-refractivity contribution is 0.172. The predicted octanol–water partition coefficient (Wildman–Crippen LogP) is -0.489. The zero-order valence-corrected chi connectivity index (χ0v) is 8.58. The molecule has 0 bridgehead atoms. The van der Waals surface area contributed by atoms with Gasteiger partial charge < -0.3 is 5.11 Å². The van der Waals surface area contributed by atoms with E-state index in [2.05, 4.69) is 10.1 Å². The molecule has 15 heavy (non-hydrogen) atoms. The molecule has 0 aliphatic rings. The average Bonchev–Trinajstić information content (AvgIpc) is 2.53. The molecular formula is C9H12N4O2. The van der Waals surface area contributed by atoms with Crippen LogP contribution in [0.1, 0.15) is 6.92 Å². The molecule has 2 heterocycles. The number of rotatable bonds is 2. The van der Waals surface area contributed by atoms with Crippen LogP contribution in [-0.2, 0) is 13.6 Å². The van der Waals surface area contributed by atoms with Crippen LogP contribution in [0.2, 0.25) is 0 Å². The Labute approximate surface area is 85.8 Å². The van der Waals surface area contributed by atoms with Gasteiger partial charge in [-0.2, -0.15) is 5.10 Å². The first-order valence-corrected chi connectivity index (χ1v) is 4.65. The monoisotopic (exact) mass is 208 g/mol. The van der Waals surface area contributed by atoms with Gasteiger partial charge in [0.1, 0.15) is 11.7 Å². The smallest absolute Gasteiger partial charge is 0.264 e. The van der Waals surface area contributed by atoms with Crippen molar-refractivity contribution < 1.29 is 5.11 Å². The van der Waals surface area contributed by atoms with Gasteiger partial charge in [0, 0.05) is 7.05 Å². The molecule has 80 valence electrons. The fourth-order valence-electron chi connectivity index (χ4n) is 1.48. The SMILES string of the molecule is C[C@H](O)Cn1cnc2c(cnn2C)c1=O. The van der Waals surface area contributed by atoms with Gasteiger partial charge >= 0.3 is 0 Å². The van der Waals surface area contributed by atoms with Crippen LogP contribution in [0, 0.1) is 0 Å². The highest BCUT2D eigenvalue weighted by atomic mass is 16.3. The zero-order valence-electron chi connectivity index (χ0n) is 8.58. The largest absolute Gasteiger partial charge is 0.392 e. The lowest BCUT2D eigenvalue weighted by Gasteiger charge is -2.06. The van der Waals surface area contributed by atoms with Gasteiger partial charge in [-0.1, -0.05) is 0 Å². The van der Waals surface area contributed by atoms with Crippen molar-refractivity contribution in [1.82, 2.24) is 19.3 Å². The van der Waals surface area contributed by atoms with E-state index in [0.717, 1.165) is 0 Å². The molecule has 2 aromatic heterocycles. The highest BCUT2D eigenvalue weighted by Gasteiger charge is 2.08. The van der Waals surface area contributed by atoms with Gasteiger partial charge in [-0.25, -0.2) is 4.98 Å². The van der Waals surface area contributed by atoms with Crippen molar-refractivity contribution >= 4 is 11.0 Å². The maximum atomic E-state index is 11.8. The third-order valence-corrected chi connectivity index (χ3v) is 2.18. The third kappa shape index (κ3) is 1.63. The predicted molar refractivity (Wildman–Crippen MR) is 54.4 cm³/mol. The molecule has 0 saturated heterocycles. The fraction of sp³-hybridized carbons (Fsp3) is 0.444. The Kier molecular flexibility index (Phi) is 2.28. The number of aliphatic hydroxyl groups excluding tert-OH is 1. The maximum Gasteiger partial charge on any atom is 0.264 e. The number of aliphatic hydroxyl groups is 1. The maximum absolute atomic E-state index is 11.8. The van der Waals surface area contributed by atoms with Gasteiger partial charge in [-0.15, -0.1) is 0 Å². The van der Waals surface area contributed by atoms with Crippen molar-refractivity contribution in [3.63, 3.8) is 0 Å². The highest BCUT2D eigenvalue weighted by Crippen LogP contribution is 2.03. The fourth-order valence-corrected chi connectivity index (χ4v) is 1.48. The van der Waals surface area contributed by atoms with E-state index in [1.54, 1.807) is 18.7 Å². The van der Waals surface area contributed by atoms with Crippen LogP contribution < -0.4 is 5.56 Å². The summed E-state index contributed by atoms with van der Waals surface area (Å²) in [5, 5.41) is 13.6. The molecule has 0 aliphatic carbocycles. The van der Waals surface area contributed by atoms with E-state index in [1.807, 2.05) is 0 Å². The second-order valence-corrected chi connectivity index (χ2v) is 3.56. The van der Waals surface area contributed by atoms with Gasteiger partial charge in [0.05, 0.1) is 18.8 Å². The second kappa shape index (κ2) is 3.47. The summed E-state index contributed by atoms with van der Waals surface area (Å²) in [7, 11) is 1.73. The molecule has 0 fully saturated rings. The Morgan fingerprint density at radius 1 is 1.60 bits per heavy atom. The summed E-state index contributed by atoms with van der Waals surface area (Å²) in [6.07, 6.45) is 2.35. The Hall–Kier alpha value is -1.69. The quantitative estimate of drug-likeness (QED) is 0.722. The van der Waals surface area contributed by atoms with Crippen LogP contribution in [-0.4, -0.2) is 30.5 Å². The number of nitrogens with zero attached hydrogens (tertiary/aromatic N) is 4. The lowest BCUT2D eigenvalue weighted by atomic mass is 10.4. The third-order valence-electron chi connectivity index (χ3n) is 2.18. The van der Waals surface area contributed by atoms with Crippen LogP contribution >= 0.6 is 0 Å². The van der Waals surface area contributed by atoms with Crippen molar-refractivity contribution in [2.24, 2.45) is 7.05 Å². The molecule has 1 N–H and O–H groups in total. The first-order chi connectivity index (χ1) is 7.09. The second-order valence-electron chi connectivity index (χ2n) is 3.56. The Balaban J connectivity index is 2.61. The summed E-state index contributed by atoms with van der Waals surface area (Å²) >= 11 is 0. The van der Waals surface area contributed by atoms with Crippen molar-refractivity contribution in [3.8, 4) is 0 Å². The molecule has 0 spiro atoms. The number of hydrogen-bond acceptors (Lipinski definition) is 4. The minimum atomic E-state index is -0.571. The first kappa shape index (κ1) is 9.85. The van der Waals surface area contributed by atoms with Gasteiger partial charge in [0.2, 0.25) is 0 Å². The lowest BCUT2D eigenvalue weighted by Crippen LogP contribution is -2.25. The van der Waals surface area contributed by atoms with Crippen molar-refractivity contribution in [2.45, 2.75) is 19.6 Å². The topological polar surface area (TPSA) is 72.9 Å². The molecule has 0 unspecified atom stereocenters. The Bertz CT molecular complexity index is 541. The average molecular weight is 208 g/mol. The Morgan fingerprint density at radius 2 is 2.33 bits per heavy atom. The van der Waals surface area contributed by atoms with Crippen LogP contribution in [0.3, 0.4) is 0 Å². The highest BCUT2D eigenvalue weighted by molar-refractivity contribution is 5.72. The van der Waals surface area contributed by atoms with E-state index in [1.165, 1.54) is 17.1 Å². The van der Waals surface area contributed by atoms with Crippen LogP contribution in [0.15, 0.2) is 17.3 Å². The van der Waals surface area contributed by atoms with E-state index in [4.69, 9.17) is 0 Å². The summed E-state index contributed by atoms with van der Waals surface area (Å²) in [5.74, 6) is 0. The molecule has 0 radical (unpaired) electrons. The number of fused-ring (bicyclic) bond motifs is 1. The van der Waals surface area contributed by atoms with Gasteiger partial charge in [0.25, 0.3) is 5.56 Å². The van der Waals surface area contributed by atoms with Crippen molar-refractivity contribution in [3.05, 3.63) is 22.9 Å². The summed E-state index contributed by atoms with van der Waals surface area (Å²) in [4.78, 5) is 15.9. The Morgan fingerprint density at radius 3 is 3.00 bits per heavy atom. The minimum Gasteiger partial charge on any atom is -0.392 e. The van der Waals surface area contributed by atoms with Gasteiger partial charge in [0.15, 0.2) is 5.65 Å². The van der Waals surface area contributed by atoms with Gasteiger partial charge in [-0.05, 0) is 6.92 Å². The molecule has 0 saturated carbocycles. The summed E-state index contributed by atoms with van der Waals surface area (Å²) in [6.45, 7) is 1.87. The molecule has 0 amide bonds. The summed E-state index contributed by atoms with van der Waals surface area (Å²) in [6, 6.07) is 0. The van der Waals surface area contributed by atoms with E-state index >= 15 is 0 Å². The molecule has 0 aliphatic heterocycles. The van der Waals surface area contributed by atoms with Crippen LogP contribution in [0.25, 0.3) is 11.0 Å². The van der Waals surface area contributed by atoms with Crippen molar-refractivity contribution in [1.29, 1.82) is 0 Å². The molecule has 1 atom stereocenters. The number of aryl methyl sites for hydroxylation is 1. The minimum absolute atomic E-state index is 0.172. The molecule has 2 rings (SSSR count). The normalized spacial score (nSPS) is 13.3. The summed E-state index contributed by atoms with van der Waals surface area (Å²) in [5.41, 5.74) is 0.385. The van der Waals surface area contributed by atoms with Crippen LogP contribution in [0.5, 0.6) is 0 Å². The number of aromatic nitrogens is 4. The first-order valence-electron chi connectivity index (χ1n) is 4.65. The molecule has 6 nitrogen and oxygen atoms in total. The van der Waals surface area contributed by atoms with E-state index in [-0.39, 0.29) is 12.1 Å². The van der Waals surface area contributed by atoms with Crippen molar-refractivity contribution in [2.75, 3.05) is 0 Å². The van der Waals surface area contributed by atoms with Crippen LogP contribution in [0.4, 0.5) is 0 Å². The van der Waals surface area contributed by atoms with Gasteiger partial charge in [-0.3, -0.25) is 14.0 Å². The van der Waals surface area contributed by atoms with E-state index < -0.39 is 6.10 Å². The molecule has 2 aromatic rings. The number of hydrogen-bond donors (Lipinski definition) is 1. The molecular weight excluding hydrogens is 196 g/mol. The zero-order chi connectivity index (χ0) is 11.0. The molecule has 0 aromatic carbocycles.